The number of aromatic amines is 1. The van der Waals surface area contributed by atoms with Gasteiger partial charge in [0.2, 0.25) is 6.29 Å². The molecular formula is C28H30N2O9. The summed E-state index contributed by atoms with van der Waals surface area (Å²) in [5, 5.41) is 25.2. The summed E-state index contributed by atoms with van der Waals surface area (Å²) in [6.07, 6.45) is -4.77. The topological polar surface area (TPSA) is 152 Å². The SMILES string of the molecule is COc1cc2cc(NC(=O)c3cc4ccccc4[nH]3)c(=O)oc2c(C)c1O[C@@H]1OC(C)(C)C(OC)C(O)C1O. The molecule has 1 amide bonds. The minimum Gasteiger partial charge on any atom is -0.493 e. The minimum atomic E-state index is -1.43. The Morgan fingerprint density at radius 1 is 1.08 bits per heavy atom. The van der Waals surface area contributed by atoms with Gasteiger partial charge in [-0.3, -0.25) is 4.79 Å². The lowest BCUT2D eigenvalue weighted by Crippen LogP contribution is -2.63. The minimum absolute atomic E-state index is 0.0530. The van der Waals surface area contributed by atoms with E-state index in [2.05, 4.69) is 10.3 Å². The molecule has 3 unspecified atom stereocenters. The molecule has 4 atom stereocenters. The fourth-order valence-corrected chi connectivity index (χ4v) is 4.97. The van der Waals surface area contributed by atoms with Gasteiger partial charge in [-0.2, -0.15) is 0 Å². The number of carbonyl (C=O) groups is 1. The molecule has 2 aromatic heterocycles. The van der Waals surface area contributed by atoms with Crippen molar-refractivity contribution in [3.8, 4) is 11.5 Å². The fourth-order valence-electron chi connectivity index (χ4n) is 4.97. The van der Waals surface area contributed by atoms with Crippen LogP contribution in [-0.4, -0.2) is 65.5 Å². The second kappa shape index (κ2) is 10.0. The number of aryl methyl sites for hydroxylation is 1. The average Bonchev–Trinajstić information content (AvgIpc) is 3.34. The number of para-hydroxylation sites is 1. The number of hydrogen-bond acceptors (Lipinski definition) is 9. The summed E-state index contributed by atoms with van der Waals surface area (Å²) in [6, 6.07) is 12.2. The first-order valence-electron chi connectivity index (χ1n) is 12.3. The Morgan fingerprint density at radius 3 is 2.51 bits per heavy atom. The molecule has 1 aliphatic rings. The number of hydrogen-bond donors (Lipinski definition) is 4. The first-order chi connectivity index (χ1) is 18.5. The van der Waals surface area contributed by atoms with Crippen molar-refractivity contribution in [2.75, 3.05) is 19.5 Å². The van der Waals surface area contributed by atoms with E-state index in [9.17, 15) is 19.8 Å². The lowest BCUT2D eigenvalue weighted by Gasteiger charge is -2.46. The summed E-state index contributed by atoms with van der Waals surface area (Å²) in [5.74, 6) is -0.0786. The third-order valence-corrected chi connectivity index (χ3v) is 6.94. The number of aliphatic hydroxyl groups is 2. The van der Waals surface area contributed by atoms with Gasteiger partial charge >= 0.3 is 5.63 Å². The van der Waals surface area contributed by atoms with Crippen molar-refractivity contribution in [2.45, 2.75) is 51.0 Å². The largest absolute Gasteiger partial charge is 0.493 e. The Hall–Kier alpha value is -3.90. The van der Waals surface area contributed by atoms with E-state index in [1.165, 1.54) is 20.3 Å². The summed E-state index contributed by atoms with van der Waals surface area (Å²) in [5.41, 5.74) is -0.128. The Kier molecular flexibility index (Phi) is 6.85. The highest BCUT2D eigenvalue weighted by Gasteiger charge is 2.50. The van der Waals surface area contributed by atoms with E-state index in [0.29, 0.717) is 16.6 Å². The van der Waals surface area contributed by atoms with Crippen molar-refractivity contribution in [2.24, 2.45) is 0 Å². The van der Waals surface area contributed by atoms with Gasteiger partial charge in [0.05, 0.1) is 12.7 Å². The lowest BCUT2D eigenvalue weighted by molar-refractivity contribution is -0.306. The molecule has 0 aliphatic carbocycles. The standard InChI is InChI=1S/C28H30N2O9/c1-13-22-15(11-18(26(34)37-22)30-25(33)17-10-14-8-6-7-9-16(14)29-17)12-19(35-4)23(13)38-27-21(32)20(31)24(36-5)28(2,3)39-27/h6-12,20-21,24,27,29,31-32H,1-5H3,(H,30,33)/t20?,21?,24?,27-/m1/s1. The number of aliphatic hydroxyl groups excluding tert-OH is 2. The zero-order valence-electron chi connectivity index (χ0n) is 22.1. The molecule has 0 saturated carbocycles. The van der Waals surface area contributed by atoms with Gasteiger partial charge in [-0.1, -0.05) is 18.2 Å². The Labute approximate surface area is 223 Å². The van der Waals surface area contributed by atoms with Gasteiger partial charge in [-0.25, -0.2) is 4.79 Å². The average molecular weight is 539 g/mol. The molecule has 11 heteroatoms. The number of anilines is 1. The van der Waals surface area contributed by atoms with E-state index in [4.69, 9.17) is 23.4 Å². The van der Waals surface area contributed by atoms with Gasteiger partial charge in [-0.05, 0) is 45.0 Å². The molecule has 2 aromatic carbocycles. The Morgan fingerprint density at radius 2 is 1.82 bits per heavy atom. The smallest absolute Gasteiger partial charge is 0.360 e. The number of methoxy groups -OCH3 is 2. The number of fused-ring (bicyclic) bond motifs is 2. The van der Waals surface area contributed by atoms with Crippen LogP contribution >= 0.6 is 0 Å². The van der Waals surface area contributed by atoms with Crippen molar-refractivity contribution in [1.82, 2.24) is 4.98 Å². The third kappa shape index (κ3) is 4.74. The van der Waals surface area contributed by atoms with Crippen LogP contribution in [0.4, 0.5) is 5.69 Å². The molecular weight excluding hydrogens is 508 g/mol. The molecule has 5 rings (SSSR count). The fraction of sp³-hybridized carbons (Fsp3) is 0.357. The van der Waals surface area contributed by atoms with E-state index < -0.39 is 41.7 Å². The summed E-state index contributed by atoms with van der Waals surface area (Å²) < 4.78 is 28.3. The van der Waals surface area contributed by atoms with Crippen LogP contribution in [0.1, 0.15) is 29.9 Å². The predicted molar refractivity (Wildman–Crippen MR) is 142 cm³/mol. The molecule has 4 N–H and O–H groups in total. The second-order valence-electron chi connectivity index (χ2n) is 9.97. The van der Waals surface area contributed by atoms with Crippen molar-refractivity contribution >= 4 is 33.5 Å². The van der Waals surface area contributed by atoms with Crippen LogP contribution in [0.15, 0.2) is 51.7 Å². The molecule has 3 heterocycles. The number of carbonyl (C=O) groups excluding carboxylic acids is 1. The first kappa shape index (κ1) is 26.7. The molecule has 0 bridgehead atoms. The molecule has 1 saturated heterocycles. The zero-order valence-corrected chi connectivity index (χ0v) is 22.1. The summed E-state index contributed by atoms with van der Waals surface area (Å²) >= 11 is 0. The highest BCUT2D eigenvalue weighted by Crippen LogP contribution is 2.40. The number of rotatable bonds is 6. The lowest BCUT2D eigenvalue weighted by atomic mass is 9.89. The maximum absolute atomic E-state index is 12.9. The Balaban J connectivity index is 1.47. The molecule has 206 valence electrons. The number of nitrogens with one attached hydrogen (secondary N) is 2. The highest BCUT2D eigenvalue weighted by atomic mass is 16.7. The summed E-state index contributed by atoms with van der Waals surface area (Å²) in [7, 11) is 2.85. The van der Waals surface area contributed by atoms with Gasteiger partial charge < -0.3 is 43.9 Å². The summed E-state index contributed by atoms with van der Waals surface area (Å²) in [6.45, 7) is 5.07. The first-order valence-corrected chi connectivity index (χ1v) is 12.3. The molecule has 1 aliphatic heterocycles. The summed E-state index contributed by atoms with van der Waals surface area (Å²) in [4.78, 5) is 28.7. The maximum atomic E-state index is 12.9. The molecule has 0 radical (unpaired) electrons. The van der Waals surface area contributed by atoms with Crippen molar-refractivity contribution < 1.29 is 38.4 Å². The Bertz CT molecular complexity index is 1570. The third-order valence-electron chi connectivity index (χ3n) is 6.94. The van der Waals surface area contributed by atoms with Gasteiger partial charge in [0.1, 0.15) is 35.3 Å². The van der Waals surface area contributed by atoms with Crippen LogP contribution in [0.5, 0.6) is 11.5 Å². The number of benzene rings is 2. The normalized spacial score (nSPS) is 22.6. The predicted octanol–water partition coefficient (Wildman–Crippen LogP) is 3.09. The van der Waals surface area contributed by atoms with Crippen LogP contribution in [0.2, 0.25) is 0 Å². The van der Waals surface area contributed by atoms with E-state index in [-0.39, 0.29) is 22.8 Å². The van der Waals surface area contributed by atoms with Gasteiger partial charge in [0.25, 0.3) is 5.91 Å². The van der Waals surface area contributed by atoms with Crippen LogP contribution in [0.3, 0.4) is 0 Å². The monoisotopic (exact) mass is 538 g/mol. The van der Waals surface area contributed by atoms with E-state index in [0.717, 1.165) is 10.9 Å². The van der Waals surface area contributed by atoms with Gasteiger partial charge in [0, 0.05) is 29.0 Å². The van der Waals surface area contributed by atoms with E-state index in [1.54, 1.807) is 32.9 Å². The van der Waals surface area contributed by atoms with E-state index >= 15 is 0 Å². The van der Waals surface area contributed by atoms with Crippen molar-refractivity contribution in [3.63, 3.8) is 0 Å². The van der Waals surface area contributed by atoms with Gasteiger partial charge in [-0.15, -0.1) is 0 Å². The van der Waals surface area contributed by atoms with Crippen LogP contribution in [-0.2, 0) is 9.47 Å². The molecule has 1 fully saturated rings. The second-order valence-corrected chi connectivity index (χ2v) is 9.97. The molecule has 0 spiro atoms. The number of ether oxygens (including phenoxy) is 4. The number of H-pyrrole nitrogens is 1. The van der Waals surface area contributed by atoms with E-state index in [1.807, 2.05) is 24.3 Å². The van der Waals surface area contributed by atoms with Crippen LogP contribution < -0.4 is 20.4 Å². The highest BCUT2D eigenvalue weighted by molar-refractivity contribution is 6.06. The maximum Gasteiger partial charge on any atom is 0.360 e. The number of aromatic nitrogens is 1. The quantitative estimate of drug-likeness (QED) is 0.271. The zero-order chi connectivity index (χ0) is 28.1. The molecule has 39 heavy (non-hydrogen) atoms. The van der Waals surface area contributed by atoms with Crippen molar-refractivity contribution in [1.29, 1.82) is 0 Å². The van der Waals surface area contributed by atoms with Crippen LogP contribution in [0.25, 0.3) is 21.9 Å². The van der Waals surface area contributed by atoms with Crippen LogP contribution in [0, 0.1) is 6.92 Å². The van der Waals surface area contributed by atoms with Gasteiger partial charge in [0.15, 0.2) is 11.5 Å². The van der Waals surface area contributed by atoms with Crippen molar-refractivity contribution in [3.05, 3.63) is 64.1 Å². The molecule has 4 aromatic rings. The number of amides is 1. The molecule has 11 nitrogen and oxygen atoms in total.